The van der Waals surface area contributed by atoms with Crippen molar-refractivity contribution in [2.24, 2.45) is 5.73 Å². The minimum atomic E-state index is -0.783. The van der Waals surface area contributed by atoms with Crippen molar-refractivity contribution in [3.63, 3.8) is 0 Å². The monoisotopic (exact) mass is 287 g/mol. The van der Waals surface area contributed by atoms with Crippen LogP contribution < -0.4 is 15.8 Å². The van der Waals surface area contributed by atoms with Gasteiger partial charge in [-0.25, -0.2) is 0 Å². The zero-order chi connectivity index (χ0) is 15.5. The highest BCUT2D eigenvalue weighted by Gasteiger charge is 2.31. The van der Waals surface area contributed by atoms with Crippen molar-refractivity contribution >= 4 is 16.8 Å². The maximum absolute atomic E-state index is 11.5. The van der Waals surface area contributed by atoms with Crippen LogP contribution in [0, 0.1) is 0 Å². The van der Waals surface area contributed by atoms with Crippen LogP contribution >= 0.6 is 0 Å². The van der Waals surface area contributed by atoms with Gasteiger partial charge < -0.3 is 15.8 Å². The van der Waals surface area contributed by atoms with Gasteiger partial charge in [0.2, 0.25) is 5.91 Å². The smallest absolute Gasteiger partial charge is 0.237 e. The van der Waals surface area contributed by atoms with Gasteiger partial charge in [0, 0.05) is 24.1 Å². The van der Waals surface area contributed by atoms with Crippen molar-refractivity contribution in [1.82, 2.24) is 10.3 Å². The number of carbonyl (C=O) groups is 1. The van der Waals surface area contributed by atoms with Crippen LogP contribution in [0.25, 0.3) is 10.9 Å². The Hall–Kier alpha value is -2.14. The van der Waals surface area contributed by atoms with E-state index >= 15 is 0 Å². The van der Waals surface area contributed by atoms with E-state index in [1.165, 1.54) is 0 Å². The third kappa shape index (κ3) is 3.49. The van der Waals surface area contributed by atoms with Gasteiger partial charge in [0.05, 0.1) is 17.2 Å². The Morgan fingerprint density at radius 3 is 2.90 bits per heavy atom. The van der Waals surface area contributed by atoms with E-state index in [4.69, 9.17) is 10.5 Å². The van der Waals surface area contributed by atoms with E-state index in [1.54, 1.807) is 20.2 Å². The summed E-state index contributed by atoms with van der Waals surface area (Å²) >= 11 is 0. The van der Waals surface area contributed by atoms with E-state index in [1.807, 2.05) is 37.3 Å². The molecule has 5 nitrogen and oxygen atoms in total. The molecule has 2 unspecified atom stereocenters. The normalized spacial score (nSPS) is 15.4. The van der Waals surface area contributed by atoms with Crippen LogP contribution in [-0.4, -0.2) is 29.6 Å². The number of fused-ring (bicyclic) bond motifs is 1. The summed E-state index contributed by atoms with van der Waals surface area (Å²) < 4.78 is 5.88. The van der Waals surface area contributed by atoms with Crippen LogP contribution in [0.4, 0.5) is 0 Å². The van der Waals surface area contributed by atoms with Crippen LogP contribution in [0.2, 0.25) is 0 Å². The highest BCUT2D eigenvalue weighted by molar-refractivity contribution is 5.84. The second-order valence-electron chi connectivity index (χ2n) is 5.44. The average molecular weight is 287 g/mol. The number of nitrogens with one attached hydrogen (secondary N) is 1. The van der Waals surface area contributed by atoms with Crippen molar-refractivity contribution in [2.75, 3.05) is 7.05 Å². The molecule has 3 N–H and O–H groups in total. The number of nitrogens with zero attached hydrogens (tertiary/aromatic N) is 1. The molecule has 5 heteroatoms. The highest BCUT2D eigenvalue weighted by Crippen LogP contribution is 2.22. The van der Waals surface area contributed by atoms with Gasteiger partial charge in [-0.3, -0.25) is 9.78 Å². The van der Waals surface area contributed by atoms with Gasteiger partial charge in [-0.15, -0.1) is 0 Å². The second kappa shape index (κ2) is 6.10. The molecule has 2 rings (SSSR count). The minimum Gasteiger partial charge on any atom is -0.491 e. The average Bonchev–Trinajstić information content (AvgIpc) is 2.46. The number of hydrogen-bond acceptors (Lipinski definition) is 4. The van der Waals surface area contributed by atoms with Gasteiger partial charge in [0.1, 0.15) is 5.75 Å². The summed E-state index contributed by atoms with van der Waals surface area (Å²) in [7, 11) is 1.72. The lowest BCUT2D eigenvalue weighted by Gasteiger charge is -2.28. The Morgan fingerprint density at radius 2 is 2.24 bits per heavy atom. The molecule has 0 bridgehead atoms. The molecule has 0 saturated heterocycles. The predicted molar refractivity (Wildman–Crippen MR) is 83.1 cm³/mol. The van der Waals surface area contributed by atoms with Gasteiger partial charge >= 0.3 is 0 Å². The third-order valence-electron chi connectivity index (χ3n) is 3.71. The molecule has 1 amide bonds. The van der Waals surface area contributed by atoms with Crippen molar-refractivity contribution in [2.45, 2.75) is 31.9 Å². The van der Waals surface area contributed by atoms with Gasteiger partial charge in [0.15, 0.2) is 0 Å². The number of pyridine rings is 1. The summed E-state index contributed by atoms with van der Waals surface area (Å²) in [6.07, 6.45) is 2.08. The fraction of sp³-hybridized carbons (Fsp3) is 0.375. The number of amides is 1. The summed E-state index contributed by atoms with van der Waals surface area (Å²) in [6.45, 7) is 3.69. The standard InChI is InChI=1S/C16H21N3O2/c1-11(10-16(2,18-3)15(17)20)21-13-7-6-12-5-4-8-19-14(12)9-13/h4-9,11,18H,10H2,1-3H3,(H2,17,20). The Balaban J connectivity index is 2.10. The number of aromatic nitrogens is 1. The summed E-state index contributed by atoms with van der Waals surface area (Å²) in [5.74, 6) is 0.345. The number of nitrogens with two attached hydrogens (primary N) is 1. The first-order valence-electron chi connectivity index (χ1n) is 6.95. The number of likely N-dealkylation sites (N-methyl/N-ethyl adjacent to an activating group) is 1. The Bertz CT molecular complexity index is 644. The number of ether oxygens (including phenoxy) is 1. The fourth-order valence-electron chi connectivity index (χ4n) is 2.29. The number of carbonyl (C=O) groups excluding carboxylic acids is 1. The topological polar surface area (TPSA) is 77.2 Å². The quantitative estimate of drug-likeness (QED) is 0.850. The molecule has 0 spiro atoms. The molecule has 0 radical (unpaired) electrons. The molecule has 0 aliphatic carbocycles. The predicted octanol–water partition coefficient (Wildman–Crippen LogP) is 1.86. The molecule has 2 atom stereocenters. The van der Waals surface area contributed by atoms with Gasteiger partial charge in [-0.05, 0) is 39.1 Å². The maximum atomic E-state index is 11.5. The van der Waals surface area contributed by atoms with Gasteiger partial charge in [-0.1, -0.05) is 6.07 Å². The van der Waals surface area contributed by atoms with E-state index in [2.05, 4.69) is 10.3 Å². The molecule has 2 aromatic rings. The first-order valence-corrected chi connectivity index (χ1v) is 6.95. The minimum absolute atomic E-state index is 0.156. The lowest BCUT2D eigenvalue weighted by Crippen LogP contribution is -2.53. The molecule has 0 aliphatic heterocycles. The molecule has 0 aliphatic rings. The molecular weight excluding hydrogens is 266 g/mol. The number of benzene rings is 1. The van der Waals surface area contributed by atoms with E-state index in [0.29, 0.717) is 6.42 Å². The van der Waals surface area contributed by atoms with Crippen molar-refractivity contribution < 1.29 is 9.53 Å². The lowest BCUT2D eigenvalue weighted by molar-refractivity contribution is -0.124. The zero-order valence-electron chi connectivity index (χ0n) is 12.6. The summed E-state index contributed by atoms with van der Waals surface area (Å²) in [5, 5.41) is 4.02. The largest absolute Gasteiger partial charge is 0.491 e. The fourth-order valence-corrected chi connectivity index (χ4v) is 2.29. The number of hydrogen-bond donors (Lipinski definition) is 2. The number of primary amides is 1. The SMILES string of the molecule is CNC(C)(CC(C)Oc1ccc2cccnc2c1)C(N)=O. The molecular formula is C16H21N3O2. The highest BCUT2D eigenvalue weighted by atomic mass is 16.5. The Kier molecular flexibility index (Phi) is 4.43. The molecule has 21 heavy (non-hydrogen) atoms. The van der Waals surface area contributed by atoms with Crippen LogP contribution in [0.1, 0.15) is 20.3 Å². The van der Waals surface area contributed by atoms with Crippen molar-refractivity contribution in [1.29, 1.82) is 0 Å². The van der Waals surface area contributed by atoms with E-state index in [-0.39, 0.29) is 12.0 Å². The molecule has 0 saturated carbocycles. The van der Waals surface area contributed by atoms with E-state index in [9.17, 15) is 4.79 Å². The van der Waals surface area contributed by atoms with Crippen LogP contribution in [-0.2, 0) is 4.79 Å². The Morgan fingerprint density at radius 1 is 1.48 bits per heavy atom. The Labute approximate surface area is 124 Å². The van der Waals surface area contributed by atoms with Gasteiger partial charge in [-0.2, -0.15) is 0 Å². The third-order valence-corrected chi connectivity index (χ3v) is 3.71. The van der Waals surface area contributed by atoms with Crippen molar-refractivity contribution in [3.05, 3.63) is 36.5 Å². The second-order valence-corrected chi connectivity index (χ2v) is 5.44. The van der Waals surface area contributed by atoms with Gasteiger partial charge in [0.25, 0.3) is 0 Å². The number of rotatable bonds is 6. The van der Waals surface area contributed by atoms with Crippen LogP contribution in [0.5, 0.6) is 5.75 Å². The zero-order valence-corrected chi connectivity index (χ0v) is 12.6. The first kappa shape index (κ1) is 15.3. The summed E-state index contributed by atoms with van der Waals surface area (Å²) in [4.78, 5) is 15.8. The maximum Gasteiger partial charge on any atom is 0.237 e. The molecule has 1 heterocycles. The molecule has 1 aromatic heterocycles. The molecule has 0 fully saturated rings. The lowest BCUT2D eigenvalue weighted by atomic mass is 9.94. The van der Waals surface area contributed by atoms with E-state index in [0.717, 1.165) is 16.7 Å². The summed E-state index contributed by atoms with van der Waals surface area (Å²) in [5.41, 5.74) is 5.53. The van der Waals surface area contributed by atoms with Crippen LogP contribution in [0.15, 0.2) is 36.5 Å². The molecule has 1 aromatic carbocycles. The molecule has 112 valence electrons. The van der Waals surface area contributed by atoms with Crippen LogP contribution in [0.3, 0.4) is 0 Å². The van der Waals surface area contributed by atoms with E-state index < -0.39 is 5.54 Å². The van der Waals surface area contributed by atoms with Crippen molar-refractivity contribution in [3.8, 4) is 5.75 Å². The summed E-state index contributed by atoms with van der Waals surface area (Å²) in [6, 6.07) is 9.67. The first-order chi connectivity index (χ1) is 9.94.